The number of carbonyl (C=O) groups is 2. The van der Waals surface area contributed by atoms with E-state index in [0.717, 1.165) is 30.7 Å². The van der Waals surface area contributed by atoms with Crippen molar-refractivity contribution >= 4 is 11.8 Å². The van der Waals surface area contributed by atoms with Gasteiger partial charge in [-0.25, -0.2) is 4.39 Å². The number of hydrogen-bond donors (Lipinski definition) is 0. The standard InChI is InChI=1S/C24H27FN2O3/c1-30-21-7-5-18(6-8-21)16-27-17-24(15-23(27)29)9-11-26(12-10-24)22(28)14-19-3-2-4-20(25)13-19/h2-8,13H,9-12,14-17H2,1H3. The van der Waals surface area contributed by atoms with Crippen LogP contribution in [-0.4, -0.2) is 48.4 Å². The fourth-order valence-electron chi connectivity index (χ4n) is 4.58. The van der Waals surface area contributed by atoms with Gasteiger partial charge in [0.1, 0.15) is 11.6 Å². The highest BCUT2D eigenvalue weighted by molar-refractivity contribution is 5.80. The normalized spacial score (nSPS) is 18.1. The van der Waals surface area contributed by atoms with Crippen molar-refractivity contribution in [2.45, 2.75) is 32.2 Å². The van der Waals surface area contributed by atoms with Gasteiger partial charge in [0.25, 0.3) is 0 Å². The Morgan fingerprint density at radius 2 is 1.83 bits per heavy atom. The van der Waals surface area contributed by atoms with Gasteiger partial charge in [0.2, 0.25) is 11.8 Å². The minimum atomic E-state index is -0.320. The predicted octanol–water partition coefficient (Wildman–Crippen LogP) is 3.42. The molecule has 0 bridgehead atoms. The molecule has 0 saturated carbocycles. The van der Waals surface area contributed by atoms with Crippen molar-refractivity contribution in [3.63, 3.8) is 0 Å². The number of amides is 2. The van der Waals surface area contributed by atoms with Gasteiger partial charge in [0.15, 0.2) is 0 Å². The molecule has 2 aliphatic heterocycles. The molecule has 5 nitrogen and oxygen atoms in total. The summed E-state index contributed by atoms with van der Waals surface area (Å²) >= 11 is 0. The first-order chi connectivity index (χ1) is 14.5. The third-order valence-electron chi connectivity index (χ3n) is 6.36. The SMILES string of the molecule is COc1ccc(CN2CC3(CCN(C(=O)Cc4cccc(F)c4)CC3)CC2=O)cc1. The number of ether oxygens (including phenoxy) is 1. The number of rotatable bonds is 5. The summed E-state index contributed by atoms with van der Waals surface area (Å²) in [5.41, 5.74) is 1.74. The number of hydrogen-bond acceptors (Lipinski definition) is 3. The summed E-state index contributed by atoms with van der Waals surface area (Å²) in [5, 5.41) is 0. The average molecular weight is 410 g/mol. The quantitative estimate of drug-likeness (QED) is 0.759. The third kappa shape index (κ3) is 4.48. The van der Waals surface area contributed by atoms with E-state index in [1.165, 1.54) is 12.1 Å². The van der Waals surface area contributed by atoms with Crippen LogP contribution < -0.4 is 4.74 Å². The van der Waals surface area contributed by atoms with E-state index in [0.29, 0.717) is 31.6 Å². The van der Waals surface area contributed by atoms with Crippen molar-refractivity contribution in [1.29, 1.82) is 0 Å². The lowest BCUT2D eigenvalue weighted by molar-refractivity contribution is -0.132. The van der Waals surface area contributed by atoms with E-state index < -0.39 is 0 Å². The van der Waals surface area contributed by atoms with Gasteiger partial charge in [0, 0.05) is 38.0 Å². The summed E-state index contributed by atoms with van der Waals surface area (Å²) in [7, 11) is 1.64. The van der Waals surface area contributed by atoms with E-state index in [2.05, 4.69) is 0 Å². The molecule has 1 spiro atoms. The number of methoxy groups -OCH3 is 1. The van der Waals surface area contributed by atoms with Crippen LogP contribution in [0.4, 0.5) is 4.39 Å². The topological polar surface area (TPSA) is 49.9 Å². The molecular formula is C24H27FN2O3. The van der Waals surface area contributed by atoms with Crippen molar-refractivity contribution in [3.05, 3.63) is 65.5 Å². The summed E-state index contributed by atoms with van der Waals surface area (Å²) in [4.78, 5) is 29.1. The zero-order valence-corrected chi connectivity index (χ0v) is 17.3. The van der Waals surface area contributed by atoms with Crippen LogP contribution in [0.1, 0.15) is 30.4 Å². The van der Waals surface area contributed by atoms with E-state index in [4.69, 9.17) is 4.74 Å². The third-order valence-corrected chi connectivity index (χ3v) is 6.36. The molecule has 2 aromatic rings. The lowest BCUT2D eigenvalue weighted by Gasteiger charge is -2.39. The molecule has 30 heavy (non-hydrogen) atoms. The van der Waals surface area contributed by atoms with Crippen molar-refractivity contribution in [2.75, 3.05) is 26.7 Å². The summed E-state index contributed by atoms with van der Waals surface area (Å²) in [5.74, 6) is 0.692. The smallest absolute Gasteiger partial charge is 0.226 e. The Balaban J connectivity index is 1.32. The lowest BCUT2D eigenvalue weighted by Crippen LogP contribution is -2.44. The molecule has 0 aliphatic carbocycles. The van der Waals surface area contributed by atoms with Gasteiger partial charge in [-0.15, -0.1) is 0 Å². The number of halogens is 1. The first-order valence-electron chi connectivity index (χ1n) is 10.4. The highest BCUT2D eigenvalue weighted by atomic mass is 19.1. The molecule has 4 rings (SSSR count). The van der Waals surface area contributed by atoms with E-state index in [1.54, 1.807) is 19.2 Å². The molecule has 2 fully saturated rings. The molecule has 0 atom stereocenters. The first kappa shape index (κ1) is 20.4. The fourth-order valence-corrected chi connectivity index (χ4v) is 4.58. The second kappa shape index (κ2) is 8.46. The maximum absolute atomic E-state index is 13.4. The van der Waals surface area contributed by atoms with Crippen LogP contribution in [0, 0.1) is 11.2 Å². The van der Waals surface area contributed by atoms with Gasteiger partial charge in [0.05, 0.1) is 13.5 Å². The summed E-state index contributed by atoms with van der Waals surface area (Å²) in [6.07, 6.45) is 2.42. The van der Waals surface area contributed by atoms with Gasteiger partial charge in [-0.3, -0.25) is 9.59 Å². The van der Waals surface area contributed by atoms with Crippen LogP contribution in [0.2, 0.25) is 0 Å². The first-order valence-corrected chi connectivity index (χ1v) is 10.4. The molecule has 0 radical (unpaired) electrons. The van der Waals surface area contributed by atoms with Gasteiger partial charge < -0.3 is 14.5 Å². The van der Waals surface area contributed by atoms with Crippen molar-refractivity contribution < 1.29 is 18.7 Å². The highest BCUT2D eigenvalue weighted by Gasteiger charge is 2.45. The minimum Gasteiger partial charge on any atom is -0.497 e. The van der Waals surface area contributed by atoms with E-state index in [-0.39, 0.29) is 29.5 Å². The largest absolute Gasteiger partial charge is 0.497 e. The van der Waals surface area contributed by atoms with Gasteiger partial charge in [-0.05, 0) is 48.2 Å². The van der Waals surface area contributed by atoms with Gasteiger partial charge in [-0.2, -0.15) is 0 Å². The highest BCUT2D eigenvalue weighted by Crippen LogP contribution is 2.41. The molecule has 2 saturated heterocycles. The van der Waals surface area contributed by atoms with Crippen LogP contribution in [-0.2, 0) is 22.6 Å². The van der Waals surface area contributed by atoms with Crippen LogP contribution in [0.5, 0.6) is 5.75 Å². The molecule has 2 aromatic carbocycles. The lowest BCUT2D eigenvalue weighted by atomic mass is 9.77. The van der Waals surface area contributed by atoms with Crippen LogP contribution >= 0.6 is 0 Å². The molecular weight excluding hydrogens is 383 g/mol. The van der Waals surface area contributed by atoms with Crippen LogP contribution in [0.3, 0.4) is 0 Å². The summed E-state index contributed by atoms with van der Waals surface area (Å²) in [6.45, 7) is 2.65. The van der Waals surface area contributed by atoms with E-state index in [9.17, 15) is 14.0 Å². The molecule has 0 aromatic heterocycles. The average Bonchev–Trinajstić information content (AvgIpc) is 3.03. The number of carbonyl (C=O) groups excluding carboxylic acids is 2. The number of benzene rings is 2. The number of piperidine rings is 1. The molecule has 0 unspecified atom stereocenters. The van der Waals surface area contributed by atoms with Crippen LogP contribution in [0.25, 0.3) is 0 Å². The molecule has 6 heteroatoms. The molecule has 0 N–H and O–H groups in total. The van der Waals surface area contributed by atoms with Crippen molar-refractivity contribution in [3.8, 4) is 5.75 Å². The predicted molar refractivity (Wildman–Crippen MR) is 111 cm³/mol. The Kier molecular flexibility index (Phi) is 5.75. The Morgan fingerprint density at radius 3 is 2.50 bits per heavy atom. The van der Waals surface area contributed by atoms with Gasteiger partial charge >= 0.3 is 0 Å². The summed E-state index contributed by atoms with van der Waals surface area (Å²) < 4.78 is 18.6. The molecule has 2 heterocycles. The Labute approximate surface area is 176 Å². The number of likely N-dealkylation sites (tertiary alicyclic amines) is 2. The molecule has 2 aliphatic rings. The zero-order valence-electron chi connectivity index (χ0n) is 17.3. The maximum Gasteiger partial charge on any atom is 0.226 e. The Hall–Kier alpha value is -2.89. The van der Waals surface area contributed by atoms with E-state index >= 15 is 0 Å². The Morgan fingerprint density at radius 1 is 1.10 bits per heavy atom. The maximum atomic E-state index is 13.4. The zero-order chi connectivity index (χ0) is 21.1. The van der Waals surface area contributed by atoms with Crippen LogP contribution in [0.15, 0.2) is 48.5 Å². The minimum absolute atomic E-state index is 0.0230. The number of nitrogens with zero attached hydrogens (tertiary/aromatic N) is 2. The fraction of sp³-hybridized carbons (Fsp3) is 0.417. The summed E-state index contributed by atoms with van der Waals surface area (Å²) in [6, 6.07) is 14.0. The van der Waals surface area contributed by atoms with Crippen molar-refractivity contribution in [2.24, 2.45) is 5.41 Å². The second-order valence-corrected chi connectivity index (χ2v) is 8.46. The molecule has 158 valence electrons. The monoisotopic (exact) mass is 410 g/mol. The van der Waals surface area contributed by atoms with E-state index in [1.807, 2.05) is 34.1 Å². The Bertz CT molecular complexity index is 920. The van der Waals surface area contributed by atoms with Crippen molar-refractivity contribution in [1.82, 2.24) is 9.80 Å². The second-order valence-electron chi connectivity index (χ2n) is 8.46. The van der Waals surface area contributed by atoms with Gasteiger partial charge in [-0.1, -0.05) is 24.3 Å². The molecule has 2 amide bonds.